The van der Waals surface area contributed by atoms with Crippen molar-refractivity contribution in [3.63, 3.8) is 0 Å². The highest BCUT2D eigenvalue weighted by atomic mass is 32.1. The first kappa shape index (κ1) is 11.5. The fourth-order valence-corrected chi connectivity index (χ4v) is 2.84. The predicted molar refractivity (Wildman–Crippen MR) is 67.2 cm³/mol. The zero-order valence-corrected chi connectivity index (χ0v) is 11.0. The van der Waals surface area contributed by atoms with Gasteiger partial charge in [-0.25, -0.2) is 4.98 Å². The topological polar surface area (TPSA) is 74.8 Å². The van der Waals surface area contributed by atoms with Crippen LogP contribution in [-0.4, -0.2) is 24.5 Å². The second kappa shape index (κ2) is 4.25. The summed E-state index contributed by atoms with van der Waals surface area (Å²) < 4.78 is 3.93. The van der Waals surface area contributed by atoms with Crippen LogP contribution in [0.3, 0.4) is 0 Å². The number of aryl methyl sites for hydroxylation is 2. The Bertz CT molecular complexity index is 647. The molecule has 0 aromatic carbocycles. The van der Waals surface area contributed by atoms with Crippen molar-refractivity contribution in [1.82, 2.24) is 24.5 Å². The van der Waals surface area contributed by atoms with Gasteiger partial charge in [0.1, 0.15) is 5.82 Å². The summed E-state index contributed by atoms with van der Waals surface area (Å²) >= 11 is 1.41. The summed E-state index contributed by atoms with van der Waals surface area (Å²) in [5.41, 5.74) is 2.63. The molecule has 0 radical (unpaired) electrons. The fraction of sp³-hybridized carbons (Fsp3) is 0.455. The fourth-order valence-electron chi connectivity index (χ4n) is 2.16. The van der Waals surface area contributed by atoms with Crippen molar-refractivity contribution >= 4 is 11.5 Å². The van der Waals surface area contributed by atoms with E-state index in [1.807, 2.05) is 13.8 Å². The molecule has 18 heavy (non-hydrogen) atoms. The molecule has 6 nitrogen and oxygen atoms in total. The Hall–Kier alpha value is -1.60. The normalized spacial score (nSPS) is 15.0. The molecule has 0 spiro atoms. The molecule has 0 bridgehead atoms. The zero-order chi connectivity index (χ0) is 12.7. The second-order valence-electron chi connectivity index (χ2n) is 4.50. The summed E-state index contributed by atoms with van der Waals surface area (Å²) in [4.78, 5) is 22.3. The van der Waals surface area contributed by atoms with Crippen LogP contribution in [0, 0.1) is 13.8 Å². The minimum Gasteiger partial charge on any atom is -0.310 e. The third kappa shape index (κ3) is 1.95. The number of rotatable bonds is 2. The molecule has 0 fully saturated rings. The van der Waals surface area contributed by atoms with Gasteiger partial charge in [-0.3, -0.25) is 9.69 Å². The number of hydrogen-bond donors (Lipinski definition) is 1. The molecule has 1 N–H and O–H groups in total. The smallest absolute Gasteiger partial charge is 0.255 e. The van der Waals surface area contributed by atoms with Crippen LogP contribution in [0.1, 0.15) is 27.7 Å². The summed E-state index contributed by atoms with van der Waals surface area (Å²) in [6.07, 6.45) is 0. The molecule has 7 heteroatoms. The second-order valence-corrected chi connectivity index (χ2v) is 5.34. The number of fused-ring (bicyclic) bond motifs is 1. The molecule has 1 aliphatic rings. The van der Waals surface area contributed by atoms with E-state index in [1.54, 1.807) is 0 Å². The Balaban J connectivity index is 1.83. The molecular formula is C11H13N5OS. The lowest BCUT2D eigenvalue weighted by atomic mass is 10.3. The van der Waals surface area contributed by atoms with Gasteiger partial charge in [0.15, 0.2) is 0 Å². The third-order valence-corrected chi connectivity index (χ3v) is 3.90. The van der Waals surface area contributed by atoms with Crippen LogP contribution in [0.4, 0.5) is 0 Å². The number of nitrogens with one attached hydrogen (secondary N) is 1. The van der Waals surface area contributed by atoms with E-state index in [4.69, 9.17) is 0 Å². The molecule has 94 valence electrons. The van der Waals surface area contributed by atoms with Crippen LogP contribution >= 0.6 is 11.5 Å². The number of aromatic nitrogens is 4. The molecule has 1 aliphatic heterocycles. The summed E-state index contributed by atoms with van der Waals surface area (Å²) in [6.45, 7) is 5.91. The van der Waals surface area contributed by atoms with Gasteiger partial charge < -0.3 is 4.98 Å². The number of nitrogens with zero attached hydrogens (tertiary/aromatic N) is 4. The Labute approximate surface area is 108 Å². The van der Waals surface area contributed by atoms with E-state index in [2.05, 4.69) is 24.5 Å². The molecule has 3 heterocycles. The molecule has 3 rings (SSSR count). The average Bonchev–Trinajstić information content (AvgIpc) is 2.86. The molecule has 2 aromatic rings. The number of aromatic amines is 1. The predicted octanol–water partition coefficient (Wildman–Crippen LogP) is 0.754. The van der Waals surface area contributed by atoms with Crippen LogP contribution in [-0.2, 0) is 19.6 Å². The van der Waals surface area contributed by atoms with Crippen LogP contribution in [0.5, 0.6) is 0 Å². The van der Waals surface area contributed by atoms with Gasteiger partial charge >= 0.3 is 0 Å². The summed E-state index contributed by atoms with van der Waals surface area (Å²) in [5, 5.41) is 4.00. The van der Waals surface area contributed by atoms with Gasteiger partial charge in [0.25, 0.3) is 5.56 Å². The van der Waals surface area contributed by atoms with Crippen molar-refractivity contribution in [2.24, 2.45) is 0 Å². The minimum absolute atomic E-state index is 0.0147. The SMILES string of the molecule is Cc1nc2c(c(=O)[nH]1)CN(Cc1snnc1C)C2. The van der Waals surface area contributed by atoms with Crippen molar-refractivity contribution in [1.29, 1.82) is 0 Å². The molecule has 0 saturated heterocycles. The molecule has 0 unspecified atom stereocenters. The Morgan fingerprint density at radius 2 is 2.22 bits per heavy atom. The highest BCUT2D eigenvalue weighted by Gasteiger charge is 2.24. The first-order valence-electron chi connectivity index (χ1n) is 5.72. The first-order chi connectivity index (χ1) is 8.63. The largest absolute Gasteiger partial charge is 0.310 e. The van der Waals surface area contributed by atoms with Crippen LogP contribution in [0.15, 0.2) is 4.79 Å². The van der Waals surface area contributed by atoms with Crippen molar-refractivity contribution < 1.29 is 0 Å². The van der Waals surface area contributed by atoms with Gasteiger partial charge in [0.2, 0.25) is 0 Å². The van der Waals surface area contributed by atoms with E-state index < -0.39 is 0 Å². The highest BCUT2D eigenvalue weighted by molar-refractivity contribution is 7.05. The maximum absolute atomic E-state index is 11.8. The lowest BCUT2D eigenvalue weighted by molar-refractivity contribution is 0.275. The maximum atomic E-state index is 11.8. The van der Waals surface area contributed by atoms with Gasteiger partial charge in [-0.05, 0) is 25.4 Å². The van der Waals surface area contributed by atoms with Crippen molar-refractivity contribution in [3.8, 4) is 0 Å². The van der Waals surface area contributed by atoms with Crippen LogP contribution in [0.25, 0.3) is 0 Å². The first-order valence-corrected chi connectivity index (χ1v) is 6.49. The van der Waals surface area contributed by atoms with Gasteiger partial charge in [0.05, 0.1) is 21.8 Å². The van der Waals surface area contributed by atoms with Crippen molar-refractivity contribution in [3.05, 3.63) is 38.0 Å². The van der Waals surface area contributed by atoms with Gasteiger partial charge in [-0.15, -0.1) is 5.10 Å². The highest BCUT2D eigenvalue weighted by Crippen LogP contribution is 2.21. The molecular weight excluding hydrogens is 250 g/mol. The molecule has 0 aliphatic carbocycles. The Morgan fingerprint density at radius 3 is 2.94 bits per heavy atom. The van der Waals surface area contributed by atoms with Crippen molar-refractivity contribution in [2.45, 2.75) is 33.5 Å². The average molecular weight is 263 g/mol. The molecule has 0 amide bonds. The molecule has 2 aromatic heterocycles. The lowest BCUT2D eigenvalue weighted by Crippen LogP contribution is -2.18. The Morgan fingerprint density at radius 1 is 1.39 bits per heavy atom. The van der Waals surface area contributed by atoms with Crippen LogP contribution < -0.4 is 5.56 Å². The van der Waals surface area contributed by atoms with Crippen LogP contribution in [0.2, 0.25) is 0 Å². The quantitative estimate of drug-likeness (QED) is 0.865. The van der Waals surface area contributed by atoms with Gasteiger partial charge in [-0.1, -0.05) is 4.49 Å². The molecule has 0 saturated carbocycles. The van der Waals surface area contributed by atoms with E-state index in [0.717, 1.165) is 34.9 Å². The molecule has 0 atom stereocenters. The van der Waals surface area contributed by atoms with E-state index in [0.29, 0.717) is 12.4 Å². The van der Waals surface area contributed by atoms with E-state index in [1.165, 1.54) is 11.5 Å². The van der Waals surface area contributed by atoms with E-state index >= 15 is 0 Å². The van der Waals surface area contributed by atoms with Crippen molar-refractivity contribution in [2.75, 3.05) is 0 Å². The summed E-state index contributed by atoms with van der Waals surface area (Å²) in [7, 11) is 0. The van der Waals surface area contributed by atoms with Gasteiger partial charge in [0, 0.05) is 19.6 Å². The maximum Gasteiger partial charge on any atom is 0.255 e. The number of H-pyrrole nitrogens is 1. The number of hydrogen-bond acceptors (Lipinski definition) is 6. The third-order valence-electron chi connectivity index (χ3n) is 3.09. The summed E-state index contributed by atoms with van der Waals surface area (Å²) in [5.74, 6) is 0.677. The summed E-state index contributed by atoms with van der Waals surface area (Å²) in [6, 6.07) is 0. The van der Waals surface area contributed by atoms with Gasteiger partial charge in [-0.2, -0.15) is 0 Å². The monoisotopic (exact) mass is 263 g/mol. The minimum atomic E-state index is -0.0147. The Kier molecular flexibility index (Phi) is 2.71. The van der Waals surface area contributed by atoms with E-state index in [9.17, 15) is 4.79 Å². The zero-order valence-electron chi connectivity index (χ0n) is 10.2. The van der Waals surface area contributed by atoms with E-state index in [-0.39, 0.29) is 5.56 Å². The lowest BCUT2D eigenvalue weighted by Gasteiger charge is -2.12. The standard InChI is InChI=1S/C11H13N5OS/c1-6-10(18-15-14-6)5-16-3-8-9(4-16)12-7(2)13-11(8)17/h3-5H2,1-2H3,(H,12,13,17).